The molecule has 11 heavy (non-hydrogen) atoms. The highest BCUT2D eigenvalue weighted by Crippen LogP contribution is 2.23. The van der Waals surface area contributed by atoms with Crippen molar-refractivity contribution in [2.24, 2.45) is 0 Å². The summed E-state index contributed by atoms with van der Waals surface area (Å²) in [6.07, 6.45) is 0. The van der Waals surface area contributed by atoms with E-state index in [0.29, 0.717) is 7.69 Å². The second-order valence-corrected chi connectivity index (χ2v) is 2.39. The first-order valence-electron chi connectivity index (χ1n) is 2.68. The van der Waals surface area contributed by atoms with Gasteiger partial charge in [-0.2, -0.15) is 0 Å². The summed E-state index contributed by atoms with van der Waals surface area (Å²) in [5.41, 5.74) is 0. The van der Waals surface area contributed by atoms with Crippen molar-refractivity contribution in [2.45, 2.75) is 0 Å². The zero-order valence-electron chi connectivity index (χ0n) is 5.29. The van der Waals surface area contributed by atoms with Crippen LogP contribution in [0.25, 0.3) is 0 Å². The summed E-state index contributed by atoms with van der Waals surface area (Å²) in [5.74, 6) is 0.263. The Labute approximate surface area is 74.2 Å². The van der Waals surface area contributed by atoms with Gasteiger partial charge in [0.1, 0.15) is 10.9 Å². The summed E-state index contributed by atoms with van der Waals surface area (Å²) in [4.78, 5) is 3.67. The molecule has 0 spiro atoms. The Kier molecular flexibility index (Phi) is 2.99. The van der Waals surface area contributed by atoms with Gasteiger partial charge in [-0.1, -0.05) is 23.2 Å². The van der Waals surface area contributed by atoms with Crippen molar-refractivity contribution >= 4 is 30.9 Å². The van der Waals surface area contributed by atoms with Crippen LogP contribution in [0.2, 0.25) is 10.3 Å². The van der Waals surface area contributed by atoms with E-state index in [0.717, 1.165) is 0 Å². The third-order valence-electron chi connectivity index (χ3n) is 0.960. The van der Waals surface area contributed by atoms with Crippen molar-refractivity contribution in [2.75, 3.05) is 0 Å². The van der Waals surface area contributed by atoms with Crippen molar-refractivity contribution in [3.05, 3.63) is 22.4 Å². The molecule has 0 bridgehead atoms. The molecule has 57 valence electrons. The molecule has 1 radical (unpaired) electrons. The predicted molar refractivity (Wildman–Crippen MR) is 42.9 cm³/mol. The van der Waals surface area contributed by atoms with Crippen LogP contribution in [0.1, 0.15) is 0 Å². The fraction of sp³-hybridized carbons (Fsp3) is 0. The van der Waals surface area contributed by atoms with Crippen LogP contribution in [-0.2, 0) is 0 Å². The summed E-state index contributed by atoms with van der Waals surface area (Å²) >= 11 is 11.0. The van der Waals surface area contributed by atoms with Gasteiger partial charge in [0.15, 0.2) is 5.15 Å². The molecule has 1 rings (SSSR count). The molecule has 0 aliphatic carbocycles. The van der Waals surface area contributed by atoms with E-state index in [1.165, 1.54) is 12.1 Å². The molecule has 1 N–H and O–H groups in total. The summed E-state index contributed by atoms with van der Waals surface area (Å²) in [5, 5.41) is 8.64. The lowest BCUT2D eigenvalue weighted by Crippen LogP contribution is -2.00. The highest BCUT2D eigenvalue weighted by atomic mass is 35.5. The molecule has 6 heteroatoms. The van der Waals surface area contributed by atoms with Gasteiger partial charge in [-0.15, -0.1) is 0 Å². The van der Waals surface area contributed by atoms with Gasteiger partial charge >= 0.3 is 7.69 Å². The normalized spacial score (nSPS) is 9.36. The van der Waals surface area contributed by atoms with Crippen LogP contribution in [0, 0.1) is 0 Å². The van der Waals surface area contributed by atoms with Gasteiger partial charge in [-0.25, -0.2) is 4.98 Å². The fourth-order valence-corrected chi connectivity index (χ4v) is 0.933. The molecule has 0 unspecified atom stereocenters. The van der Waals surface area contributed by atoms with Crippen molar-refractivity contribution in [3.8, 4) is 5.75 Å². The fourth-order valence-electron chi connectivity index (χ4n) is 0.544. The Morgan fingerprint density at radius 3 is 2.73 bits per heavy atom. The number of hydrogen-bond donors (Lipinski definition) is 1. The average Bonchev–Trinajstić information content (AvgIpc) is 1.95. The minimum absolute atomic E-state index is 0.114. The van der Waals surface area contributed by atoms with Gasteiger partial charge in [-0.3, -0.25) is 0 Å². The van der Waals surface area contributed by atoms with Gasteiger partial charge in [0.05, 0.1) is 0 Å². The van der Waals surface area contributed by atoms with Crippen molar-refractivity contribution in [1.82, 2.24) is 4.98 Å². The molecule has 0 saturated heterocycles. The Balaban J connectivity index is 2.90. The quantitative estimate of drug-likeness (QED) is 0.565. The standard InChI is InChI=1S/C5H3BCl2NO2/c7-4-2-1-3(11-6-10)5(8)9-4/h1-2,10H. The summed E-state index contributed by atoms with van der Waals surface area (Å²) < 4.78 is 4.57. The van der Waals surface area contributed by atoms with E-state index in [4.69, 9.17) is 28.2 Å². The van der Waals surface area contributed by atoms with E-state index in [1.54, 1.807) is 0 Å². The smallest absolute Gasteiger partial charge is 0.535 e. The number of halogens is 2. The van der Waals surface area contributed by atoms with E-state index < -0.39 is 0 Å². The Hall–Kier alpha value is -0.445. The van der Waals surface area contributed by atoms with Crippen molar-refractivity contribution < 1.29 is 9.68 Å². The molecule has 3 nitrogen and oxygen atoms in total. The molecule has 1 heterocycles. The maximum absolute atomic E-state index is 8.25. The van der Waals surface area contributed by atoms with Gasteiger partial charge < -0.3 is 9.68 Å². The van der Waals surface area contributed by atoms with Gasteiger partial charge in [0.2, 0.25) is 0 Å². The van der Waals surface area contributed by atoms with Crippen LogP contribution < -0.4 is 4.65 Å². The third-order valence-corrected chi connectivity index (χ3v) is 1.44. The number of hydrogen-bond acceptors (Lipinski definition) is 3. The molecule has 0 aliphatic rings. The molecule has 0 aliphatic heterocycles. The van der Waals surface area contributed by atoms with Gasteiger partial charge in [0, 0.05) is 0 Å². The largest absolute Gasteiger partial charge is 0.569 e. The first-order valence-corrected chi connectivity index (χ1v) is 3.44. The van der Waals surface area contributed by atoms with E-state index in [2.05, 4.69) is 9.64 Å². The highest BCUT2D eigenvalue weighted by molar-refractivity contribution is 6.33. The average molecular weight is 191 g/mol. The zero-order valence-corrected chi connectivity index (χ0v) is 6.80. The summed E-state index contributed by atoms with van der Waals surface area (Å²) in [7, 11) is 0.525. The van der Waals surface area contributed by atoms with Crippen LogP contribution in [0.15, 0.2) is 12.1 Å². The topological polar surface area (TPSA) is 42.4 Å². The Morgan fingerprint density at radius 2 is 2.18 bits per heavy atom. The predicted octanol–water partition coefficient (Wildman–Crippen LogP) is 1.29. The van der Waals surface area contributed by atoms with Crippen molar-refractivity contribution in [3.63, 3.8) is 0 Å². The zero-order chi connectivity index (χ0) is 8.27. The van der Waals surface area contributed by atoms with Crippen LogP contribution in [0.4, 0.5) is 0 Å². The number of rotatable bonds is 2. The molecule has 0 fully saturated rings. The highest BCUT2D eigenvalue weighted by Gasteiger charge is 2.02. The maximum Gasteiger partial charge on any atom is 0.569 e. The number of nitrogens with zero attached hydrogens (tertiary/aromatic N) is 1. The van der Waals surface area contributed by atoms with E-state index >= 15 is 0 Å². The third kappa shape index (κ3) is 2.25. The Bertz CT molecular complexity index is 258. The van der Waals surface area contributed by atoms with E-state index in [9.17, 15) is 0 Å². The minimum Gasteiger partial charge on any atom is -0.535 e. The first kappa shape index (κ1) is 8.65. The minimum atomic E-state index is 0.114. The van der Waals surface area contributed by atoms with Crippen molar-refractivity contribution in [1.29, 1.82) is 0 Å². The Morgan fingerprint density at radius 1 is 1.45 bits per heavy atom. The second-order valence-electron chi connectivity index (χ2n) is 1.65. The lowest BCUT2D eigenvalue weighted by Gasteiger charge is -2.01. The monoisotopic (exact) mass is 190 g/mol. The molecule has 0 aromatic carbocycles. The summed E-state index contributed by atoms with van der Waals surface area (Å²) in [6.45, 7) is 0. The summed E-state index contributed by atoms with van der Waals surface area (Å²) in [6, 6.07) is 3.01. The number of aromatic nitrogens is 1. The lowest BCUT2D eigenvalue weighted by molar-refractivity contribution is 0.453. The van der Waals surface area contributed by atoms with Gasteiger partial charge in [0.25, 0.3) is 0 Å². The van der Waals surface area contributed by atoms with Crippen LogP contribution in [-0.4, -0.2) is 17.7 Å². The second kappa shape index (κ2) is 3.81. The lowest BCUT2D eigenvalue weighted by atomic mass is 10.4. The molecular weight excluding hydrogens is 188 g/mol. The number of pyridine rings is 1. The van der Waals surface area contributed by atoms with Gasteiger partial charge in [-0.05, 0) is 12.1 Å². The van der Waals surface area contributed by atoms with Crippen LogP contribution in [0.3, 0.4) is 0 Å². The molecule has 1 aromatic rings. The van der Waals surface area contributed by atoms with Crippen LogP contribution in [0.5, 0.6) is 5.75 Å². The molecular formula is C5H3BCl2NO2. The van der Waals surface area contributed by atoms with Crippen LogP contribution >= 0.6 is 23.2 Å². The van der Waals surface area contributed by atoms with E-state index in [1.807, 2.05) is 0 Å². The maximum atomic E-state index is 8.25. The van der Waals surface area contributed by atoms with E-state index in [-0.39, 0.29) is 16.1 Å². The molecule has 1 aromatic heterocycles. The SMILES string of the molecule is O[B]Oc1ccc(Cl)nc1Cl. The molecule has 0 atom stereocenters. The molecule has 0 saturated carbocycles. The first-order chi connectivity index (χ1) is 5.24. The molecule has 0 amide bonds.